The molecular formula is C27H26F4O. The van der Waals surface area contributed by atoms with E-state index in [1.54, 1.807) is 12.1 Å². The summed E-state index contributed by atoms with van der Waals surface area (Å²) in [6.07, 6.45) is 9.11. The van der Waals surface area contributed by atoms with Gasteiger partial charge in [-0.25, -0.2) is 8.78 Å². The number of allylic oxidation sites excluding steroid dienone is 1. The summed E-state index contributed by atoms with van der Waals surface area (Å²) < 4.78 is 57.1. The molecule has 0 heterocycles. The van der Waals surface area contributed by atoms with Crippen molar-refractivity contribution in [2.45, 2.75) is 51.1 Å². The molecular weight excluding hydrogens is 416 g/mol. The van der Waals surface area contributed by atoms with Gasteiger partial charge in [0.2, 0.25) is 0 Å². The van der Waals surface area contributed by atoms with Crippen molar-refractivity contribution in [3.8, 4) is 17.6 Å². The highest BCUT2D eigenvalue weighted by molar-refractivity contribution is 5.46. The molecule has 168 valence electrons. The Hall–Kier alpha value is -2.74. The lowest BCUT2D eigenvalue weighted by molar-refractivity contribution is -0.0521. The molecule has 0 spiro atoms. The number of ether oxygens (including phenoxy) is 1. The molecule has 4 atom stereocenters. The van der Waals surface area contributed by atoms with Gasteiger partial charge in [-0.15, -0.1) is 6.58 Å². The maximum atomic E-state index is 14.7. The molecule has 2 aliphatic carbocycles. The monoisotopic (exact) mass is 442 g/mol. The first-order valence-electron chi connectivity index (χ1n) is 11.1. The lowest BCUT2D eigenvalue weighted by Gasteiger charge is -2.41. The van der Waals surface area contributed by atoms with E-state index < -0.39 is 24.0 Å². The Labute approximate surface area is 186 Å². The molecule has 1 nitrogen and oxygen atoms in total. The second-order valence-electron chi connectivity index (χ2n) is 8.85. The zero-order valence-corrected chi connectivity index (χ0v) is 17.8. The first kappa shape index (κ1) is 22.5. The van der Waals surface area contributed by atoms with E-state index in [-0.39, 0.29) is 11.1 Å². The van der Waals surface area contributed by atoms with Gasteiger partial charge in [-0.3, -0.25) is 0 Å². The van der Waals surface area contributed by atoms with Crippen LogP contribution in [0.2, 0.25) is 0 Å². The topological polar surface area (TPSA) is 9.23 Å². The Kier molecular flexibility index (Phi) is 6.89. The molecule has 5 heteroatoms. The second kappa shape index (κ2) is 9.81. The minimum atomic E-state index is -3.11. The Balaban J connectivity index is 1.44. The minimum absolute atomic E-state index is 0.224. The zero-order valence-electron chi connectivity index (χ0n) is 17.8. The number of alkyl halides is 2. The maximum absolute atomic E-state index is 14.7. The highest BCUT2D eigenvalue weighted by Crippen LogP contribution is 2.47. The lowest BCUT2D eigenvalue weighted by atomic mass is 9.64. The summed E-state index contributed by atoms with van der Waals surface area (Å²) in [7, 11) is 0. The molecule has 0 bridgehead atoms. The predicted molar refractivity (Wildman–Crippen MR) is 117 cm³/mol. The van der Waals surface area contributed by atoms with E-state index in [0.717, 1.165) is 36.5 Å². The van der Waals surface area contributed by atoms with Crippen LogP contribution >= 0.6 is 0 Å². The highest BCUT2D eigenvalue weighted by atomic mass is 19.3. The molecule has 2 saturated carbocycles. The van der Waals surface area contributed by atoms with Crippen molar-refractivity contribution < 1.29 is 22.3 Å². The summed E-state index contributed by atoms with van der Waals surface area (Å²) in [4.78, 5) is 0. The Morgan fingerprint density at radius 3 is 2.41 bits per heavy atom. The zero-order chi connectivity index (χ0) is 22.7. The fraction of sp³-hybridized carbons (Fsp3) is 0.407. The van der Waals surface area contributed by atoms with Gasteiger partial charge in [0.15, 0.2) is 11.6 Å². The third-order valence-electron chi connectivity index (χ3n) is 6.94. The van der Waals surface area contributed by atoms with Gasteiger partial charge in [0.25, 0.3) is 0 Å². The van der Waals surface area contributed by atoms with E-state index in [9.17, 15) is 17.6 Å². The molecule has 0 aliphatic heterocycles. The van der Waals surface area contributed by atoms with Crippen LogP contribution in [0.3, 0.4) is 0 Å². The van der Waals surface area contributed by atoms with Crippen molar-refractivity contribution in [1.82, 2.24) is 0 Å². The summed E-state index contributed by atoms with van der Waals surface area (Å²) >= 11 is 0. The average molecular weight is 442 g/mol. The van der Waals surface area contributed by atoms with Crippen LogP contribution in [0.1, 0.15) is 61.1 Å². The summed E-state index contributed by atoms with van der Waals surface area (Å²) in [5, 5.41) is 0. The lowest BCUT2D eigenvalue weighted by Crippen LogP contribution is -2.30. The van der Waals surface area contributed by atoms with Crippen LogP contribution in [0.15, 0.2) is 49.1 Å². The van der Waals surface area contributed by atoms with Crippen molar-refractivity contribution in [3.63, 3.8) is 0 Å². The second-order valence-corrected chi connectivity index (χ2v) is 8.85. The van der Waals surface area contributed by atoms with Gasteiger partial charge in [-0.1, -0.05) is 24.0 Å². The van der Waals surface area contributed by atoms with Crippen molar-refractivity contribution in [2.75, 3.05) is 0 Å². The van der Waals surface area contributed by atoms with Gasteiger partial charge < -0.3 is 4.74 Å². The van der Waals surface area contributed by atoms with Crippen LogP contribution in [0.4, 0.5) is 17.6 Å². The first-order valence-corrected chi connectivity index (χ1v) is 11.1. The molecule has 32 heavy (non-hydrogen) atoms. The molecule has 2 aromatic rings. The maximum Gasteiger partial charge on any atom is 0.387 e. The van der Waals surface area contributed by atoms with Crippen molar-refractivity contribution >= 4 is 0 Å². The number of hydrogen-bond acceptors (Lipinski definition) is 1. The molecule has 0 N–H and O–H groups in total. The summed E-state index contributed by atoms with van der Waals surface area (Å²) in [5.41, 5.74) is 1.49. The normalized spacial score (nSPS) is 24.9. The van der Waals surface area contributed by atoms with Gasteiger partial charge in [0, 0.05) is 5.56 Å². The van der Waals surface area contributed by atoms with Crippen LogP contribution < -0.4 is 4.74 Å². The van der Waals surface area contributed by atoms with E-state index in [0.29, 0.717) is 17.8 Å². The van der Waals surface area contributed by atoms with Gasteiger partial charge >= 0.3 is 6.61 Å². The van der Waals surface area contributed by atoms with Gasteiger partial charge in [0.05, 0.1) is 5.56 Å². The molecule has 2 aromatic carbocycles. The standard InChI is InChI=1S/C27H26F4O/c1-2-17-3-7-21-15-22(11-10-20(21)13-17)23-9-8-19(24(28)16-23)6-4-18-5-12-26(25(29)14-18)32-27(30)31/h2,5,8-9,12,14,16-17,20-22,27H,1,3,7,10-11,13,15H2. The molecule has 0 aromatic heterocycles. The smallest absolute Gasteiger partial charge is 0.387 e. The SMILES string of the molecule is C=CC1CCC2CC(c3ccc(C#Cc4ccc(OC(F)F)c(F)c4)c(F)c3)CCC2C1. The summed E-state index contributed by atoms with van der Waals surface area (Å²) in [5.74, 6) is 5.99. The molecule has 4 rings (SSSR count). The van der Waals surface area contributed by atoms with Crippen LogP contribution in [0.25, 0.3) is 0 Å². The number of hydrogen-bond donors (Lipinski definition) is 0. The fourth-order valence-corrected chi connectivity index (χ4v) is 5.24. The van der Waals surface area contributed by atoms with Crippen molar-refractivity contribution in [3.05, 3.63) is 77.4 Å². The Bertz CT molecular complexity index is 1040. The third-order valence-corrected chi connectivity index (χ3v) is 6.94. The molecule has 2 aliphatic rings. The minimum Gasteiger partial charge on any atom is -0.432 e. The molecule has 2 fully saturated rings. The number of benzene rings is 2. The highest BCUT2D eigenvalue weighted by Gasteiger charge is 2.35. The van der Waals surface area contributed by atoms with E-state index >= 15 is 0 Å². The van der Waals surface area contributed by atoms with Crippen LogP contribution in [0.5, 0.6) is 5.75 Å². The summed E-state index contributed by atoms with van der Waals surface area (Å²) in [6, 6.07) is 8.63. The first-order chi connectivity index (χ1) is 15.4. The van der Waals surface area contributed by atoms with Gasteiger partial charge in [0.1, 0.15) is 5.82 Å². The van der Waals surface area contributed by atoms with Gasteiger partial charge in [-0.05, 0) is 98.1 Å². The van der Waals surface area contributed by atoms with Gasteiger partial charge in [-0.2, -0.15) is 8.78 Å². The summed E-state index contributed by atoms with van der Waals surface area (Å²) in [6.45, 7) is 0.846. The molecule has 0 saturated heterocycles. The predicted octanol–water partition coefficient (Wildman–Crippen LogP) is 7.45. The largest absolute Gasteiger partial charge is 0.432 e. The quantitative estimate of drug-likeness (QED) is 0.271. The average Bonchev–Trinajstić information content (AvgIpc) is 2.79. The van der Waals surface area contributed by atoms with E-state index in [2.05, 4.69) is 29.2 Å². The molecule has 0 radical (unpaired) electrons. The molecule has 0 amide bonds. The number of rotatable bonds is 4. The van der Waals surface area contributed by atoms with Crippen LogP contribution in [0, 0.1) is 41.2 Å². The molecule has 4 unspecified atom stereocenters. The number of fused-ring (bicyclic) bond motifs is 1. The van der Waals surface area contributed by atoms with Crippen molar-refractivity contribution in [1.29, 1.82) is 0 Å². The van der Waals surface area contributed by atoms with Crippen molar-refractivity contribution in [2.24, 2.45) is 17.8 Å². The van der Waals surface area contributed by atoms with Crippen LogP contribution in [-0.2, 0) is 0 Å². The Morgan fingerprint density at radius 1 is 0.906 bits per heavy atom. The fourth-order valence-electron chi connectivity index (χ4n) is 5.24. The number of halogens is 4. The third kappa shape index (κ3) is 5.18. The van der Waals surface area contributed by atoms with Crippen LogP contribution in [-0.4, -0.2) is 6.61 Å². The van der Waals surface area contributed by atoms with E-state index in [1.807, 2.05) is 6.07 Å². The van der Waals surface area contributed by atoms with E-state index in [4.69, 9.17) is 0 Å². The Morgan fingerprint density at radius 2 is 1.69 bits per heavy atom. The van der Waals surface area contributed by atoms with E-state index in [1.165, 1.54) is 31.7 Å².